The van der Waals surface area contributed by atoms with Crippen molar-refractivity contribution in [3.8, 4) is 6.07 Å². The number of nitriles is 1. The Balaban J connectivity index is 1.91. The molecule has 160 valence electrons. The number of sulfone groups is 1. The number of nitrogens with zero attached hydrogens (tertiary/aromatic N) is 5. The minimum absolute atomic E-state index is 0.165. The number of likely N-dealkylation sites (N-methyl/N-ethyl adjacent to an activating group) is 1. The Morgan fingerprint density at radius 3 is 2.29 bits per heavy atom. The standard InChI is InChI=1S/C23H25N5O2S/c1-16-8-9-17(2)20(14-16)31(29,30)21(15-24)22-23(28-12-10-27(3)11-13-28)26-19-7-5-4-6-18(19)25-22/h4-9,14,21H,10-13H2,1-3H3. The lowest BCUT2D eigenvalue weighted by atomic mass is 10.2. The molecule has 0 aliphatic carbocycles. The van der Waals surface area contributed by atoms with Crippen molar-refractivity contribution in [2.45, 2.75) is 24.0 Å². The number of hydrogen-bond donors (Lipinski definition) is 0. The molecule has 2 heterocycles. The fourth-order valence-corrected chi connectivity index (χ4v) is 5.56. The summed E-state index contributed by atoms with van der Waals surface area (Å²) < 4.78 is 27.3. The van der Waals surface area contributed by atoms with Gasteiger partial charge in [0.05, 0.1) is 22.0 Å². The van der Waals surface area contributed by atoms with Crippen molar-refractivity contribution in [2.75, 3.05) is 38.1 Å². The van der Waals surface area contributed by atoms with E-state index < -0.39 is 15.1 Å². The molecular weight excluding hydrogens is 410 g/mol. The van der Waals surface area contributed by atoms with Crippen molar-refractivity contribution in [2.24, 2.45) is 0 Å². The largest absolute Gasteiger partial charge is 0.352 e. The van der Waals surface area contributed by atoms with E-state index in [1.165, 1.54) is 0 Å². The first-order valence-corrected chi connectivity index (χ1v) is 11.8. The average molecular weight is 436 g/mol. The van der Waals surface area contributed by atoms with Crippen LogP contribution in [0.4, 0.5) is 5.82 Å². The van der Waals surface area contributed by atoms with Crippen LogP contribution in [0.5, 0.6) is 0 Å². The van der Waals surface area contributed by atoms with Crippen LogP contribution in [0.3, 0.4) is 0 Å². The zero-order valence-corrected chi connectivity index (χ0v) is 18.7. The zero-order chi connectivity index (χ0) is 22.2. The predicted molar refractivity (Wildman–Crippen MR) is 121 cm³/mol. The summed E-state index contributed by atoms with van der Waals surface area (Å²) in [6.45, 7) is 6.62. The molecule has 1 aliphatic rings. The summed E-state index contributed by atoms with van der Waals surface area (Å²) in [5.41, 5.74) is 2.89. The van der Waals surface area contributed by atoms with Crippen molar-refractivity contribution in [1.29, 1.82) is 5.26 Å². The van der Waals surface area contributed by atoms with Gasteiger partial charge in [-0.1, -0.05) is 24.3 Å². The molecule has 7 nitrogen and oxygen atoms in total. The van der Waals surface area contributed by atoms with Gasteiger partial charge in [0, 0.05) is 26.2 Å². The van der Waals surface area contributed by atoms with Gasteiger partial charge in [0.25, 0.3) is 0 Å². The molecule has 1 atom stereocenters. The molecule has 2 aromatic carbocycles. The van der Waals surface area contributed by atoms with Gasteiger partial charge in [-0.15, -0.1) is 0 Å². The lowest BCUT2D eigenvalue weighted by Crippen LogP contribution is -2.45. The zero-order valence-electron chi connectivity index (χ0n) is 17.9. The van der Waals surface area contributed by atoms with E-state index in [4.69, 9.17) is 4.98 Å². The minimum atomic E-state index is -4.00. The van der Waals surface area contributed by atoms with Crippen molar-refractivity contribution in [3.05, 3.63) is 59.3 Å². The number of rotatable bonds is 4. The van der Waals surface area contributed by atoms with Crippen LogP contribution >= 0.6 is 0 Å². The van der Waals surface area contributed by atoms with Gasteiger partial charge in [-0.2, -0.15) is 5.26 Å². The Hall–Kier alpha value is -3.02. The van der Waals surface area contributed by atoms with Gasteiger partial charge < -0.3 is 9.80 Å². The van der Waals surface area contributed by atoms with E-state index in [1.807, 2.05) is 49.2 Å². The predicted octanol–water partition coefficient (Wildman–Crippen LogP) is 3.04. The summed E-state index contributed by atoms with van der Waals surface area (Å²) in [5.74, 6) is 0.479. The SMILES string of the molecule is Cc1ccc(C)c(S(=O)(=O)C(C#N)c2nc3ccccc3nc2N2CCN(C)CC2)c1. The van der Waals surface area contributed by atoms with Crippen LogP contribution in [-0.4, -0.2) is 56.5 Å². The van der Waals surface area contributed by atoms with Crippen LogP contribution in [-0.2, 0) is 9.84 Å². The number of para-hydroxylation sites is 2. The first-order valence-electron chi connectivity index (χ1n) is 10.2. The molecule has 0 N–H and O–H groups in total. The second-order valence-electron chi connectivity index (χ2n) is 8.03. The lowest BCUT2D eigenvalue weighted by molar-refractivity contribution is 0.312. The fraction of sp³-hybridized carbons (Fsp3) is 0.348. The van der Waals surface area contributed by atoms with E-state index in [2.05, 4.69) is 9.88 Å². The third kappa shape index (κ3) is 3.99. The molecule has 1 fully saturated rings. The number of fused-ring (bicyclic) bond motifs is 1. The molecule has 1 aromatic heterocycles. The van der Waals surface area contributed by atoms with E-state index >= 15 is 0 Å². The molecule has 0 radical (unpaired) electrons. The normalized spacial score (nSPS) is 16.3. The van der Waals surface area contributed by atoms with E-state index in [0.29, 0.717) is 35.5 Å². The number of anilines is 1. The molecule has 1 saturated heterocycles. The van der Waals surface area contributed by atoms with Crippen LogP contribution in [0.15, 0.2) is 47.4 Å². The van der Waals surface area contributed by atoms with Crippen LogP contribution < -0.4 is 4.90 Å². The van der Waals surface area contributed by atoms with E-state index in [1.54, 1.807) is 25.1 Å². The maximum Gasteiger partial charge on any atom is 0.200 e. The Kier molecular flexibility index (Phi) is 5.65. The van der Waals surface area contributed by atoms with Crippen LogP contribution in [0.1, 0.15) is 22.1 Å². The minimum Gasteiger partial charge on any atom is -0.352 e. The van der Waals surface area contributed by atoms with Crippen molar-refractivity contribution >= 4 is 26.7 Å². The van der Waals surface area contributed by atoms with Crippen LogP contribution in [0.2, 0.25) is 0 Å². The second kappa shape index (κ2) is 8.25. The molecule has 0 saturated carbocycles. The highest BCUT2D eigenvalue weighted by Crippen LogP contribution is 2.35. The monoisotopic (exact) mass is 435 g/mol. The third-order valence-electron chi connectivity index (χ3n) is 5.71. The lowest BCUT2D eigenvalue weighted by Gasteiger charge is -2.34. The number of piperazine rings is 1. The average Bonchev–Trinajstić information content (AvgIpc) is 2.76. The second-order valence-corrected chi connectivity index (χ2v) is 10.0. The topological polar surface area (TPSA) is 90.2 Å². The Labute approximate surface area is 182 Å². The molecule has 3 aromatic rings. The maximum absolute atomic E-state index is 13.6. The van der Waals surface area contributed by atoms with Crippen molar-refractivity contribution < 1.29 is 8.42 Å². The number of benzene rings is 2. The Morgan fingerprint density at radius 1 is 1.00 bits per heavy atom. The molecule has 0 bridgehead atoms. The summed E-state index contributed by atoms with van der Waals surface area (Å²) >= 11 is 0. The quantitative estimate of drug-likeness (QED) is 0.622. The summed E-state index contributed by atoms with van der Waals surface area (Å²) in [6, 6.07) is 14.6. The van der Waals surface area contributed by atoms with Gasteiger partial charge in [0.15, 0.2) is 11.1 Å². The first kappa shape index (κ1) is 21.2. The highest BCUT2D eigenvalue weighted by atomic mass is 32.2. The smallest absolute Gasteiger partial charge is 0.200 e. The van der Waals surface area contributed by atoms with Gasteiger partial charge in [0.1, 0.15) is 5.69 Å². The molecule has 1 aliphatic heterocycles. The number of hydrogen-bond acceptors (Lipinski definition) is 7. The first-order chi connectivity index (χ1) is 14.8. The van der Waals surface area contributed by atoms with E-state index in [-0.39, 0.29) is 10.6 Å². The van der Waals surface area contributed by atoms with Gasteiger partial charge in [-0.25, -0.2) is 18.4 Å². The van der Waals surface area contributed by atoms with E-state index in [0.717, 1.165) is 18.7 Å². The summed E-state index contributed by atoms with van der Waals surface area (Å²) in [7, 11) is -1.95. The van der Waals surface area contributed by atoms with Gasteiger partial charge in [-0.3, -0.25) is 0 Å². The van der Waals surface area contributed by atoms with Crippen LogP contribution in [0.25, 0.3) is 11.0 Å². The van der Waals surface area contributed by atoms with E-state index in [9.17, 15) is 13.7 Å². The molecular formula is C23H25N5O2S. The van der Waals surface area contributed by atoms with Crippen molar-refractivity contribution in [3.63, 3.8) is 0 Å². The number of aryl methyl sites for hydroxylation is 2. The summed E-state index contributed by atoms with van der Waals surface area (Å²) in [5, 5.41) is 8.61. The highest BCUT2D eigenvalue weighted by molar-refractivity contribution is 7.92. The molecule has 31 heavy (non-hydrogen) atoms. The highest BCUT2D eigenvalue weighted by Gasteiger charge is 2.36. The summed E-state index contributed by atoms with van der Waals surface area (Å²) in [6.07, 6.45) is 0. The third-order valence-corrected chi connectivity index (χ3v) is 7.71. The maximum atomic E-state index is 13.6. The fourth-order valence-electron chi connectivity index (χ4n) is 3.85. The van der Waals surface area contributed by atoms with Gasteiger partial charge >= 0.3 is 0 Å². The molecule has 0 spiro atoms. The number of aromatic nitrogens is 2. The Bertz CT molecular complexity index is 1270. The molecule has 0 amide bonds. The molecule has 8 heteroatoms. The van der Waals surface area contributed by atoms with Crippen molar-refractivity contribution in [1.82, 2.24) is 14.9 Å². The molecule has 1 unspecified atom stereocenters. The molecule has 4 rings (SSSR count). The Morgan fingerprint density at radius 2 is 1.65 bits per heavy atom. The van der Waals surface area contributed by atoms with Gasteiger partial charge in [0.2, 0.25) is 9.84 Å². The summed E-state index contributed by atoms with van der Waals surface area (Å²) in [4.78, 5) is 13.8. The van der Waals surface area contributed by atoms with Crippen LogP contribution in [0, 0.1) is 25.2 Å². The van der Waals surface area contributed by atoms with Gasteiger partial charge in [-0.05, 0) is 50.2 Å².